The number of alkyl halides is 3. The highest BCUT2D eigenvalue weighted by molar-refractivity contribution is 5.80. The molecule has 0 aliphatic carbocycles. The highest BCUT2D eigenvalue weighted by Gasteiger charge is 2.28. The maximum Gasteiger partial charge on any atom is 0.406 e. The highest BCUT2D eigenvalue weighted by atomic mass is 19.4. The fraction of sp³-hybridized carbons (Fsp3) is 0.385. The number of hydrogen-bond donors (Lipinski definition) is 1. The molecule has 0 fully saturated rings. The fourth-order valence-corrected chi connectivity index (χ4v) is 1.94. The molecule has 0 saturated carbocycles. The standard InChI is InChI=1S/C13H15F3N2/c1-2-17-8-10-3-4-11-5-6-18(12(11)7-10)9-13(14,15)16/h3-7,17H,2,8-9H2,1H3. The summed E-state index contributed by atoms with van der Waals surface area (Å²) < 4.78 is 38.5. The van der Waals surface area contributed by atoms with Crippen molar-refractivity contribution in [3.8, 4) is 0 Å². The third kappa shape index (κ3) is 3.04. The van der Waals surface area contributed by atoms with Crippen molar-refractivity contribution in [2.75, 3.05) is 6.54 Å². The largest absolute Gasteiger partial charge is 0.406 e. The Labute approximate surface area is 103 Å². The van der Waals surface area contributed by atoms with Crippen molar-refractivity contribution in [3.63, 3.8) is 0 Å². The molecule has 0 aliphatic rings. The summed E-state index contributed by atoms with van der Waals surface area (Å²) >= 11 is 0. The molecule has 1 heterocycles. The Bertz CT molecular complexity index is 529. The van der Waals surface area contributed by atoms with Crippen LogP contribution in [0.15, 0.2) is 30.5 Å². The van der Waals surface area contributed by atoms with Gasteiger partial charge in [0.05, 0.1) is 0 Å². The molecule has 0 bridgehead atoms. The maximum absolute atomic E-state index is 12.4. The maximum atomic E-state index is 12.4. The molecule has 2 rings (SSSR count). The molecule has 0 atom stereocenters. The summed E-state index contributed by atoms with van der Waals surface area (Å²) in [5.74, 6) is 0. The van der Waals surface area contributed by atoms with Crippen LogP contribution in [0.1, 0.15) is 12.5 Å². The summed E-state index contributed by atoms with van der Waals surface area (Å²) in [6, 6.07) is 7.31. The van der Waals surface area contributed by atoms with Crippen LogP contribution in [0.4, 0.5) is 13.2 Å². The van der Waals surface area contributed by atoms with Crippen molar-refractivity contribution < 1.29 is 13.2 Å². The van der Waals surface area contributed by atoms with Gasteiger partial charge in [0.1, 0.15) is 6.54 Å². The molecular weight excluding hydrogens is 241 g/mol. The summed E-state index contributed by atoms with van der Waals surface area (Å²) in [4.78, 5) is 0. The van der Waals surface area contributed by atoms with E-state index < -0.39 is 12.7 Å². The van der Waals surface area contributed by atoms with Crippen LogP contribution in [0.25, 0.3) is 10.9 Å². The number of nitrogens with zero attached hydrogens (tertiary/aromatic N) is 1. The van der Waals surface area contributed by atoms with Gasteiger partial charge in [0, 0.05) is 18.3 Å². The molecule has 0 aliphatic heterocycles. The molecular formula is C13H15F3N2. The highest BCUT2D eigenvalue weighted by Crippen LogP contribution is 2.23. The van der Waals surface area contributed by atoms with E-state index in [1.165, 1.54) is 10.8 Å². The lowest BCUT2D eigenvalue weighted by Crippen LogP contribution is -2.17. The Kier molecular flexibility index (Phi) is 3.61. The van der Waals surface area contributed by atoms with E-state index in [1.54, 1.807) is 6.07 Å². The van der Waals surface area contributed by atoms with E-state index >= 15 is 0 Å². The van der Waals surface area contributed by atoms with Gasteiger partial charge < -0.3 is 9.88 Å². The smallest absolute Gasteiger partial charge is 0.338 e. The molecule has 18 heavy (non-hydrogen) atoms. The lowest BCUT2D eigenvalue weighted by Gasteiger charge is -2.10. The average Bonchev–Trinajstić information content (AvgIpc) is 2.67. The zero-order valence-corrected chi connectivity index (χ0v) is 10.1. The van der Waals surface area contributed by atoms with Gasteiger partial charge in [-0.3, -0.25) is 0 Å². The van der Waals surface area contributed by atoms with Crippen LogP contribution < -0.4 is 5.32 Å². The van der Waals surface area contributed by atoms with Crippen LogP contribution in [0.3, 0.4) is 0 Å². The SMILES string of the molecule is CCNCc1ccc2ccn(CC(F)(F)F)c2c1. The molecule has 0 spiro atoms. The predicted molar refractivity (Wildman–Crippen MR) is 65.4 cm³/mol. The van der Waals surface area contributed by atoms with Crippen molar-refractivity contribution >= 4 is 10.9 Å². The van der Waals surface area contributed by atoms with Gasteiger partial charge in [-0.25, -0.2) is 0 Å². The molecule has 98 valence electrons. The zero-order valence-electron chi connectivity index (χ0n) is 10.1. The van der Waals surface area contributed by atoms with E-state index in [1.807, 2.05) is 25.1 Å². The number of benzene rings is 1. The second-order valence-electron chi connectivity index (χ2n) is 4.23. The van der Waals surface area contributed by atoms with Crippen LogP contribution in [0.5, 0.6) is 0 Å². The summed E-state index contributed by atoms with van der Waals surface area (Å²) in [5.41, 5.74) is 1.62. The first-order chi connectivity index (χ1) is 8.49. The topological polar surface area (TPSA) is 17.0 Å². The lowest BCUT2D eigenvalue weighted by atomic mass is 10.1. The van der Waals surface area contributed by atoms with E-state index in [0.29, 0.717) is 12.1 Å². The van der Waals surface area contributed by atoms with Crippen LogP contribution in [-0.2, 0) is 13.1 Å². The van der Waals surface area contributed by atoms with Gasteiger partial charge in [0.15, 0.2) is 0 Å². The first-order valence-electron chi connectivity index (χ1n) is 5.85. The molecule has 1 aromatic carbocycles. The van der Waals surface area contributed by atoms with Gasteiger partial charge in [-0.2, -0.15) is 13.2 Å². The monoisotopic (exact) mass is 256 g/mol. The Morgan fingerprint density at radius 2 is 2.00 bits per heavy atom. The molecule has 5 heteroatoms. The molecule has 1 aromatic heterocycles. The van der Waals surface area contributed by atoms with Crippen LogP contribution in [-0.4, -0.2) is 17.3 Å². The van der Waals surface area contributed by atoms with Crippen LogP contribution in [0.2, 0.25) is 0 Å². The number of nitrogens with one attached hydrogen (secondary N) is 1. The van der Waals surface area contributed by atoms with Crippen molar-refractivity contribution in [2.24, 2.45) is 0 Å². The molecule has 1 N–H and O–H groups in total. The molecule has 0 unspecified atom stereocenters. The number of hydrogen-bond acceptors (Lipinski definition) is 1. The Hall–Kier alpha value is -1.49. The molecule has 0 amide bonds. The lowest BCUT2D eigenvalue weighted by molar-refractivity contribution is -0.139. The van der Waals surface area contributed by atoms with E-state index in [9.17, 15) is 13.2 Å². The van der Waals surface area contributed by atoms with Gasteiger partial charge in [-0.05, 0) is 29.6 Å². The minimum Gasteiger partial charge on any atom is -0.338 e. The normalized spacial score (nSPS) is 12.2. The number of fused-ring (bicyclic) bond motifs is 1. The minimum atomic E-state index is -4.19. The Morgan fingerprint density at radius 1 is 1.22 bits per heavy atom. The number of halogens is 3. The van der Waals surface area contributed by atoms with E-state index in [0.717, 1.165) is 17.5 Å². The second kappa shape index (κ2) is 5.02. The number of aromatic nitrogens is 1. The van der Waals surface area contributed by atoms with E-state index in [-0.39, 0.29) is 0 Å². The van der Waals surface area contributed by atoms with Gasteiger partial charge in [0.2, 0.25) is 0 Å². The summed E-state index contributed by atoms with van der Waals surface area (Å²) in [6.45, 7) is 2.55. The minimum absolute atomic E-state index is 0.628. The first kappa shape index (κ1) is 13.0. The average molecular weight is 256 g/mol. The third-order valence-corrected chi connectivity index (χ3v) is 2.77. The number of rotatable bonds is 4. The quantitative estimate of drug-likeness (QED) is 0.888. The molecule has 2 aromatic rings. The van der Waals surface area contributed by atoms with E-state index in [2.05, 4.69) is 5.32 Å². The Balaban J connectivity index is 2.31. The molecule has 2 nitrogen and oxygen atoms in total. The summed E-state index contributed by atoms with van der Waals surface area (Å²) in [6.07, 6.45) is -2.71. The van der Waals surface area contributed by atoms with Gasteiger partial charge in [0.25, 0.3) is 0 Å². The fourth-order valence-electron chi connectivity index (χ4n) is 1.94. The van der Waals surface area contributed by atoms with Gasteiger partial charge >= 0.3 is 6.18 Å². The van der Waals surface area contributed by atoms with Crippen LogP contribution >= 0.6 is 0 Å². The van der Waals surface area contributed by atoms with Crippen molar-refractivity contribution in [1.29, 1.82) is 0 Å². The first-order valence-corrected chi connectivity index (χ1v) is 5.85. The Morgan fingerprint density at radius 3 is 2.67 bits per heavy atom. The summed E-state index contributed by atoms with van der Waals surface area (Å²) in [5, 5.41) is 3.99. The molecule has 0 radical (unpaired) electrons. The third-order valence-electron chi connectivity index (χ3n) is 2.77. The second-order valence-corrected chi connectivity index (χ2v) is 4.23. The van der Waals surface area contributed by atoms with Crippen LogP contribution in [0, 0.1) is 0 Å². The van der Waals surface area contributed by atoms with Crippen molar-refractivity contribution in [3.05, 3.63) is 36.0 Å². The molecule has 0 saturated heterocycles. The van der Waals surface area contributed by atoms with Gasteiger partial charge in [-0.1, -0.05) is 19.1 Å². The predicted octanol–water partition coefficient (Wildman–Crippen LogP) is 3.31. The van der Waals surface area contributed by atoms with Crippen molar-refractivity contribution in [1.82, 2.24) is 9.88 Å². The van der Waals surface area contributed by atoms with Crippen molar-refractivity contribution in [2.45, 2.75) is 26.2 Å². The van der Waals surface area contributed by atoms with E-state index in [4.69, 9.17) is 0 Å². The zero-order chi connectivity index (χ0) is 13.2. The van der Waals surface area contributed by atoms with Gasteiger partial charge in [-0.15, -0.1) is 0 Å². The summed E-state index contributed by atoms with van der Waals surface area (Å²) in [7, 11) is 0.